The highest BCUT2D eigenvalue weighted by atomic mass is 35.5. The molecule has 11 nitrogen and oxygen atoms in total. The number of amides is 2. The van der Waals surface area contributed by atoms with Crippen LogP contribution in [0.25, 0.3) is 22.6 Å². The molecule has 2 aliphatic rings. The van der Waals surface area contributed by atoms with Crippen molar-refractivity contribution in [3.8, 4) is 28.8 Å². The molecule has 2 amide bonds. The highest BCUT2D eigenvalue weighted by Gasteiger charge is 2.42. The van der Waals surface area contributed by atoms with Crippen molar-refractivity contribution in [1.29, 1.82) is 0 Å². The molecule has 248 valence electrons. The van der Waals surface area contributed by atoms with Crippen LogP contribution < -0.4 is 14.2 Å². The highest BCUT2D eigenvalue weighted by molar-refractivity contribution is 6.33. The summed E-state index contributed by atoms with van der Waals surface area (Å²) in [4.78, 5) is 40.5. The number of benzene rings is 2. The first-order valence-electron chi connectivity index (χ1n) is 15.6. The zero-order valence-corrected chi connectivity index (χ0v) is 28.5. The number of aromatic nitrogens is 4. The van der Waals surface area contributed by atoms with Crippen molar-refractivity contribution in [3.63, 3.8) is 0 Å². The quantitative estimate of drug-likeness (QED) is 0.153. The van der Waals surface area contributed by atoms with Crippen LogP contribution in [0.1, 0.15) is 52.5 Å². The molecule has 2 atom stereocenters. The minimum Gasteiger partial charge on any atom is -0.496 e. The normalized spacial score (nSPS) is 17.6. The van der Waals surface area contributed by atoms with E-state index in [-0.39, 0.29) is 36.7 Å². The molecule has 1 saturated carbocycles. The molecule has 0 radical (unpaired) electrons. The van der Waals surface area contributed by atoms with Crippen molar-refractivity contribution in [1.82, 2.24) is 24.4 Å². The van der Waals surface area contributed by atoms with Gasteiger partial charge in [0.1, 0.15) is 35.9 Å². The summed E-state index contributed by atoms with van der Waals surface area (Å²) in [6.45, 7) is 8.57. The van der Waals surface area contributed by atoms with Crippen molar-refractivity contribution in [2.75, 3.05) is 20.3 Å². The lowest BCUT2D eigenvalue weighted by molar-refractivity contribution is -0.133. The number of hydrogen-bond donors (Lipinski definition) is 0. The third-order valence-corrected chi connectivity index (χ3v) is 9.25. The van der Waals surface area contributed by atoms with Crippen LogP contribution in [-0.2, 0) is 16.1 Å². The molecular weight excluding hydrogens is 645 g/mol. The lowest BCUT2D eigenvalue weighted by atomic mass is 10.0. The maximum atomic E-state index is 13.1. The van der Waals surface area contributed by atoms with E-state index in [1.54, 1.807) is 32.2 Å². The smallest absolute Gasteiger partial charge is 0.416 e. The summed E-state index contributed by atoms with van der Waals surface area (Å²) in [6.07, 6.45) is 3.17. The van der Waals surface area contributed by atoms with E-state index in [2.05, 4.69) is 9.97 Å². The van der Waals surface area contributed by atoms with Gasteiger partial charge in [-0.25, -0.2) is 19.7 Å². The first-order valence-corrected chi connectivity index (χ1v) is 16.4. The Morgan fingerprint density at radius 3 is 2.62 bits per heavy atom. The molecule has 13 heteroatoms. The Morgan fingerprint density at radius 1 is 1.13 bits per heavy atom. The zero-order valence-electron chi connectivity index (χ0n) is 27.0. The molecule has 0 spiro atoms. The van der Waals surface area contributed by atoms with Gasteiger partial charge in [-0.1, -0.05) is 44.0 Å². The van der Waals surface area contributed by atoms with Gasteiger partial charge in [0, 0.05) is 22.1 Å². The molecule has 4 aromatic rings. The average molecular weight is 683 g/mol. The van der Waals surface area contributed by atoms with E-state index in [9.17, 15) is 9.59 Å². The Kier molecular flexibility index (Phi) is 9.22. The molecule has 0 N–H and O–H groups in total. The summed E-state index contributed by atoms with van der Waals surface area (Å²) in [5.74, 6) is 1.57. The van der Waals surface area contributed by atoms with Crippen LogP contribution in [0.15, 0.2) is 42.7 Å². The Morgan fingerprint density at radius 2 is 1.91 bits per heavy atom. The highest BCUT2D eigenvalue weighted by Crippen LogP contribution is 2.42. The van der Waals surface area contributed by atoms with Crippen LogP contribution in [0.3, 0.4) is 0 Å². The van der Waals surface area contributed by atoms with Gasteiger partial charge in [-0.05, 0) is 68.5 Å². The van der Waals surface area contributed by atoms with Crippen LogP contribution in [0.5, 0.6) is 17.4 Å². The minimum absolute atomic E-state index is 0.0999. The van der Waals surface area contributed by atoms with Crippen LogP contribution in [0.2, 0.25) is 10.0 Å². The summed E-state index contributed by atoms with van der Waals surface area (Å²) in [5, 5.41) is 0.980. The van der Waals surface area contributed by atoms with E-state index < -0.39 is 12.0 Å². The van der Waals surface area contributed by atoms with Gasteiger partial charge in [0.25, 0.3) is 0 Å². The van der Waals surface area contributed by atoms with Crippen molar-refractivity contribution < 1.29 is 28.5 Å². The van der Waals surface area contributed by atoms with Gasteiger partial charge in [-0.2, -0.15) is 4.98 Å². The molecule has 47 heavy (non-hydrogen) atoms. The Bertz CT molecular complexity index is 1820. The largest absolute Gasteiger partial charge is 0.496 e. The van der Waals surface area contributed by atoms with Gasteiger partial charge in [-0.15, -0.1) is 0 Å². The molecule has 2 aromatic heterocycles. The molecule has 1 aliphatic heterocycles. The van der Waals surface area contributed by atoms with E-state index in [1.807, 2.05) is 43.5 Å². The zero-order chi connectivity index (χ0) is 33.5. The number of cyclic esters (lactones) is 1. The Balaban J connectivity index is 1.25. The molecule has 1 saturated heterocycles. The van der Waals surface area contributed by atoms with Gasteiger partial charge in [0.05, 0.1) is 31.3 Å². The number of imidazole rings is 1. The summed E-state index contributed by atoms with van der Waals surface area (Å²) in [5.41, 5.74) is 2.31. The number of methoxy groups -OCH3 is 1. The average Bonchev–Trinajstić information content (AvgIpc) is 3.45. The van der Waals surface area contributed by atoms with Gasteiger partial charge in [-0.3, -0.25) is 4.79 Å². The number of imide groups is 1. The van der Waals surface area contributed by atoms with Crippen molar-refractivity contribution in [2.45, 2.75) is 65.1 Å². The number of fused-ring (bicyclic) bond motifs is 1. The molecule has 1 aliphatic carbocycles. The summed E-state index contributed by atoms with van der Waals surface area (Å²) >= 11 is 13.3. The number of halogens is 2. The molecule has 0 bridgehead atoms. The third kappa shape index (κ3) is 6.82. The summed E-state index contributed by atoms with van der Waals surface area (Å²) in [7, 11) is 1.61. The van der Waals surface area contributed by atoms with Crippen LogP contribution >= 0.6 is 23.2 Å². The minimum atomic E-state index is -0.588. The molecule has 0 unspecified atom stereocenters. The number of rotatable bonds is 12. The van der Waals surface area contributed by atoms with E-state index in [0.717, 1.165) is 18.4 Å². The fourth-order valence-electron chi connectivity index (χ4n) is 5.56. The maximum absolute atomic E-state index is 13.1. The fourth-order valence-corrected chi connectivity index (χ4v) is 6.01. The van der Waals surface area contributed by atoms with Gasteiger partial charge in [0.2, 0.25) is 11.8 Å². The molecule has 6 rings (SSSR count). The van der Waals surface area contributed by atoms with E-state index in [0.29, 0.717) is 62.9 Å². The first-order chi connectivity index (χ1) is 22.5. The summed E-state index contributed by atoms with van der Waals surface area (Å²) < 4.78 is 25.0. The van der Waals surface area contributed by atoms with Crippen molar-refractivity contribution in [2.24, 2.45) is 11.8 Å². The topological polar surface area (TPSA) is 118 Å². The molecule has 2 aromatic carbocycles. The second-order valence-electron chi connectivity index (χ2n) is 12.7. The molecule has 3 heterocycles. The lowest BCUT2D eigenvalue weighted by Gasteiger charge is -2.25. The van der Waals surface area contributed by atoms with E-state index in [4.69, 9.17) is 47.1 Å². The number of hydrogen-bond acceptors (Lipinski definition) is 9. The monoisotopic (exact) mass is 681 g/mol. The Labute approximate surface area is 283 Å². The maximum Gasteiger partial charge on any atom is 0.416 e. The number of ether oxygens (including phenoxy) is 4. The van der Waals surface area contributed by atoms with Gasteiger partial charge in [0.15, 0.2) is 11.2 Å². The number of nitrogens with zero attached hydrogens (tertiary/aromatic N) is 5. The van der Waals surface area contributed by atoms with E-state index in [1.165, 1.54) is 11.2 Å². The summed E-state index contributed by atoms with van der Waals surface area (Å²) in [6, 6.07) is 10.5. The third-order valence-electron chi connectivity index (χ3n) is 8.70. The number of carbonyl (C=O) groups is 2. The first kappa shape index (κ1) is 32.8. The van der Waals surface area contributed by atoms with Crippen molar-refractivity contribution >= 4 is 46.4 Å². The fraction of sp³-hybridized carbons (Fsp3) is 0.441. The van der Waals surface area contributed by atoms with Crippen LogP contribution in [0.4, 0.5) is 4.79 Å². The second kappa shape index (κ2) is 13.2. The lowest BCUT2D eigenvalue weighted by Crippen LogP contribution is -2.44. The predicted molar refractivity (Wildman–Crippen MR) is 177 cm³/mol. The van der Waals surface area contributed by atoms with Gasteiger partial charge >= 0.3 is 6.09 Å². The second-order valence-corrected chi connectivity index (χ2v) is 13.5. The Hall–Kier alpha value is -4.09. The van der Waals surface area contributed by atoms with Crippen LogP contribution in [-0.4, -0.2) is 68.4 Å². The number of carbonyl (C=O) groups excluding carboxylic acids is 2. The molecule has 2 fully saturated rings. The van der Waals surface area contributed by atoms with Crippen LogP contribution in [0, 0.1) is 11.8 Å². The van der Waals surface area contributed by atoms with Crippen molar-refractivity contribution in [3.05, 3.63) is 58.3 Å². The predicted octanol–water partition coefficient (Wildman–Crippen LogP) is 7.20. The van der Waals surface area contributed by atoms with E-state index >= 15 is 0 Å². The van der Waals surface area contributed by atoms with Gasteiger partial charge < -0.3 is 23.5 Å². The standard InChI is InChI=1S/C34H37Cl2N5O6/c1-19(2)26-17-46-33(43)41(26)32(42)20(3)10-13-45-23-7-8-24(25(36)15-23)29-39-28-30(37-18-38-31(28)47-34(4)11-12-34)40(29)16-21-14-22(35)6-9-27(21)44-5/h6-9,14-15,18-20,26H,10-13,16-17H2,1-5H3/t20-,26+/m1/s1. The molecular formula is C34H37Cl2N5O6. The SMILES string of the molecule is COc1ccc(Cl)cc1Cn1c(-c2ccc(OCC[C@@H](C)C(=O)N3C(=O)OC[C@H]3C(C)C)cc2Cl)nc2c(OC3(C)CC3)ncnc21.